The van der Waals surface area contributed by atoms with Gasteiger partial charge in [0.25, 0.3) is 0 Å². The predicted molar refractivity (Wildman–Crippen MR) is 38.7 cm³/mol. The lowest BCUT2D eigenvalue weighted by Gasteiger charge is -2.09. The van der Waals surface area contributed by atoms with Crippen LogP contribution in [0.4, 0.5) is 0 Å². The number of ether oxygens (including phenoxy) is 2. The van der Waals surface area contributed by atoms with Crippen LogP contribution in [0.2, 0.25) is 0 Å². The van der Waals surface area contributed by atoms with E-state index in [4.69, 9.17) is 9.47 Å². The van der Waals surface area contributed by atoms with Gasteiger partial charge in [-0.25, -0.2) is 0 Å². The molecule has 0 aromatic rings. The molecule has 1 unspecified atom stereocenters. The van der Waals surface area contributed by atoms with E-state index in [0.29, 0.717) is 12.7 Å². The van der Waals surface area contributed by atoms with Gasteiger partial charge in [0.15, 0.2) is 11.5 Å². The molecule has 3 heteroatoms. The molecule has 3 rings (SSSR count). The summed E-state index contributed by atoms with van der Waals surface area (Å²) in [6.45, 7) is 0.381. The highest BCUT2D eigenvalue weighted by atomic mass is 16.7. The van der Waals surface area contributed by atoms with Crippen LogP contribution in [-0.2, 0) is 9.47 Å². The fourth-order valence-corrected chi connectivity index (χ4v) is 1.71. The molecule has 2 bridgehead atoms. The van der Waals surface area contributed by atoms with Gasteiger partial charge in [-0.15, -0.1) is 0 Å². The Morgan fingerprint density at radius 2 is 2.45 bits per heavy atom. The van der Waals surface area contributed by atoms with Crippen molar-refractivity contribution in [2.24, 2.45) is 10.9 Å². The first kappa shape index (κ1) is 5.41. The summed E-state index contributed by atoms with van der Waals surface area (Å²) in [5.74, 6) is 2.28. The molecule has 0 aromatic carbocycles. The van der Waals surface area contributed by atoms with E-state index in [1.54, 1.807) is 0 Å². The Bertz CT molecular complexity index is 301. The largest absolute Gasteiger partial charge is 0.457 e. The Morgan fingerprint density at radius 3 is 3.45 bits per heavy atom. The molecule has 3 aliphatic rings. The fourth-order valence-electron chi connectivity index (χ4n) is 1.71. The van der Waals surface area contributed by atoms with Gasteiger partial charge in [-0.2, -0.15) is 0 Å². The maximum Gasteiger partial charge on any atom is 0.230 e. The second kappa shape index (κ2) is 1.67. The van der Waals surface area contributed by atoms with E-state index in [2.05, 4.69) is 4.99 Å². The second-order valence-corrected chi connectivity index (χ2v) is 2.86. The standard InChI is InChI=1S/C8H7NO2/c1-5-2-9-3-6(1)8-7(5)10-4-11-8/h2-3,5H,1,4H2. The summed E-state index contributed by atoms with van der Waals surface area (Å²) >= 11 is 0. The summed E-state index contributed by atoms with van der Waals surface area (Å²) in [5.41, 5.74) is 1.19. The quantitative estimate of drug-likeness (QED) is 0.518. The highest BCUT2D eigenvalue weighted by molar-refractivity contribution is 5.71. The third kappa shape index (κ3) is 0.557. The van der Waals surface area contributed by atoms with Gasteiger partial charge in [0, 0.05) is 18.0 Å². The molecule has 2 heterocycles. The Morgan fingerprint density at radius 1 is 1.45 bits per heavy atom. The topological polar surface area (TPSA) is 30.8 Å². The van der Waals surface area contributed by atoms with Crippen LogP contribution >= 0.6 is 0 Å². The molecule has 11 heavy (non-hydrogen) atoms. The zero-order valence-electron chi connectivity index (χ0n) is 5.91. The Labute approximate surface area is 64.0 Å². The SMILES string of the molecule is C1=NC=C2CC1C1=C2OCO1. The van der Waals surface area contributed by atoms with Gasteiger partial charge in [0.1, 0.15) is 0 Å². The van der Waals surface area contributed by atoms with E-state index in [-0.39, 0.29) is 0 Å². The fraction of sp³-hybridized carbons (Fsp3) is 0.375. The van der Waals surface area contributed by atoms with Crippen LogP contribution in [0.3, 0.4) is 0 Å². The van der Waals surface area contributed by atoms with Crippen molar-refractivity contribution in [3.63, 3.8) is 0 Å². The highest BCUT2D eigenvalue weighted by Gasteiger charge is 2.36. The van der Waals surface area contributed by atoms with Crippen LogP contribution < -0.4 is 0 Å². The van der Waals surface area contributed by atoms with Gasteiger partial charge in [-0.3, -0.25) is 4.99 Å². The third-order valence-corrected chi connectivity index (χ3v) is 2.21. The van der Waals surface area contributed by atoms with Crippen molar-refractivity contribution in [2.45, 2.75) is 6.42 Å². The van der Waals surface area contributed by atoms with Crippen LogP contribution in [-0.4, -0.2) is 13.0 Å². The van der Waals surface area contributed by atoms with E-state index < -0.39 is 0 Å². The first-order valence-corrected chi connectivity index (χ1v) is 3.67. The van der Waals surface area contributed by atoms with E-state index in [1.165, 1.54) is 5.57 Å². The lowest BCUT2D eigenvalue weighted by Crippen LogP contribution is -2.05. The molecular formula is C8H7NO2. The molecule has 0 saturated heterocycles. The van der Waals surface area contributed by atoms with Gasteiger partial charge in [0.2, 0.25) is 6.79 Å². The molecule has 0 radical (unpaired) electrons. The lowest BCUT2D eigenvalue weighted by atomic mass is 10.1. The summed E-state index contributed by atoms with van der Waals surface area (Å²) in [6, 6.07) is 0. The average molecular weight is 149 g/mol. The predicted octanol–water partition coefficient (Wildman–Crippen LogP) is 1.19. The molecule has 56 valence electrons. The zero-order valence-corrected chi connectivity index (χ0v) is 5.91. The number of allylic oxidation sites excluding steroid dienone is 2. The van der Waals surface area contributed by atoms with Crippen molar-refractivity contribution in [2.75, 3.05) is 6.79 Å². The van der Waals surface area contributed by atoms with Crippen molar-refractivity contribution < 1.29 is 9.47 Å². The molecule has 0 spiro atoms. The minimum Gasteiger partial charge on any atom is -0.457 e. The van der Waals surface area contributed by atoms with Crippen molar-refractivity contribution in [3.05, 3.63) is 23.3 Å². The van der Waals surface area contributed by atoms with Gasteiger partial charge in [-0.05, 0) is 6.42 Å². The van der Waals surface area contributed by atoms with E-state index in [0.717, 1.165) is 17.9 Å². The van der Waals surface area contributed by atoms with Crippen molar-refractivity contribution >= 4 is 6.21 Å². The highest BCUT2D eigenvalue weighted by Crippen LogP contribution is 2.41. The minimum absolute atomic E-state index is 0.354. The molecule has 0 amide bonds. The monoisotopic (exact) mass is 149 g/mol. The normalized spacial score (nSPS) is 31.3. The summed E-state index contributed by atoms with van der Waals surface area (Å²) in [4.78, 5) is 4.10. The number of nitrogens with zero attached hydrogens (tertiary/aromatic N) is 1. The number of hydrogen-bond acceptors (Lipinski definition) is 3. The summed E-state index contributed by atoms with van der Waals surface area (Å²) in [7, 11) is 0. The molecule has 3 nitrogen and oxygen atoms in total. The molecule has 0 N–H and O–H groups in total. The summed E-state index contributed by atoms with van der Waals surface area (Å²) in [6.07, 6.45) is 4.78. The van der Waals surface area contributed by atoms with Gasteiger partial charge in [-0.1, -0.05) is 0 Å². The number of aliphatic imine (C=N–C) groups is 1. The lowest BCUT2D eigenvalue weighted by molar-refractivity contribution is 0.0633. The third-order valence-electron chi connectivity index (χ3n) is 2.21. The summed E-state index contributed by atoms with van der Waals surface area (Å²) in [5, 5.41) is 0. The first-order valence-electron chi connectivity index (χ1n) is 3.67. The van der Waals surface area contributed by atoms with Crippen molar-refractivity contribution in [3.8, 4) is 0 Å². The van der Waals surface area contributed by atoms with Crippen LogP contribution in [0.25, 0.3) is 0 Å². The Kier molecular flexibility index (Phi) is 0.820. The molecule has 0 saturated carbocycles. The maximum absolute atomic E-state index is 5.32. The maximum atomic E-state index is 5.32. The van der Waals surface area contributed by atoms with Crippen LogP contribution in [0.1, 0.15) is 6.42 Å². The molecule has 0 aromatic heterocycles. The molecule has 0 fully saturated rings. The van der Waals surface area contributed by atoms with E-state index in [1.807, 2.05) is 12.4 Å². The van der Waals surface area contributed by atoms with Gasteiger partial charge >= 0.3 is 0 Å². The first-order chi connectivity index (χ1) is 5.45. The van der Waals surface area contributed by atoms with E-state index >= 15 is 0 Å². The molecular weight excluding hydrogens is 142 g/mol. The Hall–Kier alpha value is -1.25. The van der Waals surface area contributed by atoms with Gasteiger partial charge in [0.05, 0.1) is 5.92 Å². The minimum atomic E-state index is 0.354. The summed E-state index contributed by atoms with van der Waals surface area (Å²) < 4.78 is 10.6. The van der Waals surface area contributed by atoms with Crippen LogP contribution in [0.15, 0.2) is 28.3 Å². The smallest absolute Gasteiger partial charge is 0.230 e. The number of fused-ring (bicyclic) bond motifs is 4. The number of hydrogen-bond donors (Lipinski definition) is 0. The molecule has 1 atom stereocenters. The molecule has 2 aliphatic heterocycles. The van der Waals surface area contributed by atoms with Crippen molar-refractivity contribution in [1.29, 1.82) is 0 Å². The van der Waals surface area contributed by atoms with Crippen LogP contribution in [0, 0.1) is 5.92 Å². The number of rotatable bonds is 0. The molecule has 1 aliphatic carbocycles. The second-order valence-electron chi connectivity index (χ2n) is 2.86. The van der Waals surface area contributed by atoms with Gasteiger partial charge < -0.3 is 9.47 Å². The van der Waals surface area contributed by atoms with E-state index in [9.17, 15) is 0 Å². The average Bonchev–Trinajstić information content (AvgIpc) is 2.58. The zero-order chi connectivity index (χ0) is 7.26. The van der Waals surface area contributed by atoms with Crippen LogP contribution in [0.5, 0.6) is 0 Å². The van der Waals surface area contributed by atoms with Crippen molar-refractivity contribution in [1.82, 2.24) is 0 Å². The Balaban J connectivity index is 2.16.